The van der Waals surface area contributed by atoms with Gasteiger partial charge in [-0.25, -0.2) is 9.59 Å². The topological polar surface area (TPSA) is 87.7 Å². The van der Waals surface area contributed by atoms with Gasteiger partial charge in [-0.1, -0.05) is 0 Å². The van der Waals surface area contributed by atoms with Gasteiger partial charge in [-0.3, -0.25) is 0 Å². The molecular weight excluding hydrogens is 328 g/mol. The molecule has 1 aromatic carbocycles. The number of aromatic carboxylic acids is 1. The summed E-state index contributed by atoms with van der Waals surface area (Å²) < 4.78 is 5.61. The van der Waals surface area contributed by atoms with Crippen molar-refractivity contribution in [2.75, 3.05) is 25.1 Å². The van der Waals surface area contributed by atoms with E-state index in [0.29, 0.717) is 29.9 Å². The third-order valence-electron chi connectivity index (χ3n) is 2.41. The molecule has 1 rings (SSSR count). The number of urea groups is 1. The number of rotatable bonds is 7. The number of halogens is 1. The molecular formula is C13H17BrN2O4. The third kappa shape index (κ3) is 5.58. The van der Waals surface area contributed by atoms with E-state index in [1.807, 2.05) is 6.92 Å². The monoisotopic (exact) mass is 344 g/mol. The second-order valence-electron chi connectivity index (χ2n) is 3.93. The number of amides is 2. The number of carboxylic acid groups (broad SMARTS) is 1. The van der Waals surface area contributed by atoms with Crippen molar-refractivity contribution in [3.8, 4) is 0 Å². The van der Waals surface area contributed by atoms with Gasteiger partial charge >= 0.3 is 12.0 Å². The third-order valence-corrected chi connectivity index (χ3v) is 3.10. The summed E-state index contributed by atoms with van der Waals surface area (Å²) in [6, 6.07) is 4.22. The molecule has 110 valence electrons. The Labute approximate surface area is 125 Å². The maximum atomic E-state index is 11.6. The molecule has 6 nitrogen and oxygen atoms in total. The van der Waals surface area contributed by atoms with E-state index < -0.39 is 5.97 Å². The van der Waals surface area contributed by atoms with Gasteiger partial charge in [-0.05, 0) is 47.5 Å². The first-order valence-corrected chi connectivity index (χ1v) is 6.99. The predicted octanol–water partition coefficient (Wildman–Crippen LogP) is 2.70. The number of anilines is 1. The Hall–Kier alpha value is -1.60. The summed E-state index contributed by atoms with van der Waals surface area (Å²) in [5.41, 5.74) is 0.520. The zero-order chi connectivity index (χ0) is 15.0. The largest absolute Gasteiger partial charge is 0.478 e. The number of hydrogen-bond donors (Lipinski definition) is 3. The van der Waals surface area contributed by atoms with Crippen LogP contribution in [-0.4, -0.2) is 36.9 Å². The molecule has 0 aromatic heterocycles. The maximum absolute atomic E-state index is 11.6. The molecule has 0 saturated heterocycles. The minimum atomic E-state index is -1.06. The molecule has 3 N–H and O–H groups in total. The fourth-order valence-electron chi connectivity index (χ4n) is 1.46. The smallest absolute Gasteiger partial charge is 0.336 e. The van der Waals surface area contributed by atoms with E-state index in [9.17, 15) is 9.59 Å². The Morgan fingerprint density at radius 2 is 2.15 bits per heavy atom. The fourth-order valence-corrected chi connectivity index (χ4v) is 1.88. The van der Waals surface area contributed by atoms with Crippen molar-refractivity contribution in [3.63, 3.8) is 0 Å². The van der Waals surface area contributed by atoms with E-state index in [2.05, 4.69) is 26.6 Å². The molecule has 0 atom stereocenters. The average molecular weight is 345 g/mol. The zero-order valence-corrected chi connectivity index (χ0v) is 12.7. The minimum Gasteiger partial charge on any atom is -0.478 e. The number of benzene rings is 1. The Morgan fingerprint density at radius 3 is 2.80 bits per heavy atom. The van der Waals surface area contributed by atoms with Crippen molar-refractivity contribution in [2.45, 2.75) is 13.3 Å². The van der Waals surface area contributed by atoms with Crippen molar-refractivity contribution in [1.82, 2.24) is 5.32 Å². The summed E-state index contributed by atoms with van der Waals surface area (Å²) >= 11 is 3.14. The lowest BCUT2D eigenvalue weighted by molar-refractivity contribution is 0.0696. The zero-order valence-electron chi connectivity index (χ0n) is 11.1. The summed E-state index contributed by atoms with van der Waals surface area (Å²) in [6.45, 7) is 3.66. The highest BCUT2D eigenvalue weighted by Gasteiger charge is 2.10. The van der Waals surface area contributed by atoms with Crippen molar-refractivity contribution in [3.05, 3.63) is 28.2 Å². The van der Waals surface area contributed by atoms with E-state index >= 15 is 0 Å². The molecule has 0 bridgehead atoms. The van der Waals surface area contributed by atoms with Crippen LogP contribution in [0.1, 0.15) is 23.7 Å². The minimum absolute atomic E-state index is 0.0964. The summed E-state index contributed by atoms with van der Waals surface area (Å²) in [6.07, 6.45) is 0.724. The number of hydrogen-bond acceptors (Lipinski definition) is 3. The number of carbonyl (C=O) groups is 2. The Balaban J connectivity index is 2.46. The molecule has 2 amide bonds. The average Bonchev–Trinajstić information content (AvgIpc) is 2.40. The molecule has 0 radical (unpaired) electrons. The van der Waals surface area contributed by atoms with E-state index in [4.69, 9.17) is 9.84 Å². The van der Waals surface area contributed by atoms with E-state index in [1.165, 1.54) is 6.07 Å². The summed E-state index contributed by atoms with van der Waals surface area (Å²) in [5.74, 6) is -1.06. The van der Waals surface area contributed by atoms with Crippen molar-refractivity contribution < 1.29 is 19.4 Å². The van der Waals surface area contributed by atoms with Gasteiger partial charge in [-0.15, -0.1) is 0 Å². The SMILES string of the molecule is CCOCCCNC(=O)Nc1ccc(Br)c(C(=O)O)c1. The summed E-state index contributed by atoms with van der Waals surface area (Å²) in [7, 11) is 0. The van der Waals surface area contributed by atoms with Crippen LogP contribution in [0, 0.1) is 0 Å². The lowest BCUT2D eigenvalue weighted by Crippen LogP contribution is -2.30. The van der Waals surface area contributed by atoms with E-state index in [-0.39, 0.29) is 11.6 Å². The van der Waals surface area contributed by atoms with Crippen LogP contribution in [0.3, 0.4) is 0 Å². The van der Waals surface area contributed by atoms with Gasteiger partial charge in [0.2, 0.25) is 0 Å². The number of ether oxygens (including phenoxy) is 1. The molecule has 1 aromatic rings. The van der Waals surface area contributed by atoms with Crippen molar-refractivity contribution >= 4 is 33.6 Å². The van der Waals surface area contributed by atoms with Gasteiger partial charge in [0.05, 0.1) is 5.56 Å². The Kier molecular flexibility index (Phi) is 7.03. The second kappa shape index (κ2) is 8.55. The first kappa shape index (κ1) is 16.5. The molecule has 20 heavy (non-hydrogen) atoms. The van der Waals surface area contributed by atoms with E-state index in [0.717, 1.165) is 6.42 Å². The fraction of sp³-hybridized carbons (Fsp3) is 0.385. The number of carbonyl (C=O) groups excluding carboxylic acids is 1. The molecule has 0 aliphatic heterocycles. The van der Waals surface area contributed by atoms with Crippen LogP contribution in [0.15, 0.2) is 22.7 Å². The van der Waals surface area contributed by atoms with Crippen LogP contribution >= 0.6 is 15.9 Å². The number of carboxylic acids is 1. The van der Waals surface area contributed by atoms with Gasteiger partial charge in [0.15, 0.2) is 0 Å². The molecule has 0 unspecified atom stereocenters. The standard InChI is InChI=1S/C13H17BrN2O4/c1-2-20-7-3-6-15-13(19)16-9-4-5-11(14)10(8-9)12(17)18/h4-5,8H,2-3,6-7H2,1H3,(H,17,18)(H2,15,16,19). The van der Waals surface area contributed by atoms with Gasteiger partial charge in [0.25, 0.3) is 0 Å². The lowest BCUT2D eigenvalue weighted by Gasteiger charge is -2.09. The van der Waals surface area contributed by atoms with Crippen molar-refractivity contribution in [2.24, 2.45) is 0 Å². The molecule has 0 spiro atoms. The lowest BCUT2D eigenvalue weighted by atomic mass is 10.2. The van der Waals surface area contributed by atoms with E-state index in [1.54, 1.807) is 12.1 Å². The molecule has 0 aliphatic carbocycles. The van der Waals surface area contributed by atoms with Gasteiger partial charge in [-0.2, -0.15) is 0 Å². The second-order valence-corrected chi connectivity index (χ2v) is 4.79. The van der Waals surface area contributed by atoms with Gasteiger partial charge in [0, 0.05) is 29.9 Å². The van der Waals surface area contributed by atoms with Gasteiger partial charge in [0.1, 0.15) is 0 Å². The summed E-state index contributed by atoms with van der Waals surface area (Å²) in [5, 5.41) is 14.2. The Bertz CT molecular complexity index is 479. The maximum Gasteiger partial charge on any atom is 0.336 e. The predicted molar refractivity (Wildman–Crippen MR) is 79.2 cm³/mol. The molecule has 0 saturated carbocycles. The highest BCUT2D eigenvalue weighted by molar-refractivity contribution is 9.10. The quantitative estimate of drug-likeness (QED) is 0.663. The molecule has 0 fully saturated rings. The first-order chi connectivity index (χ1) is 9.54. The van der Waals surface area contributed by atoms with Crippen LogP contribution in [0.4, 0.5) is 10.5 Å². The Morgan fingerprint density at radius 1 is 1.40 bits per heavy atom. The first-order valence-electron chi connectivity index (χ1n) is 6.20. The highest BCUT2D eigenvalue weighted by Crippen LogP contribution is 2.21. The molecule has 7 heteroatoms. The molecule has 0 heterocycles. The van der Waals surface area contributed by atoms with Crippen LogP contribution in [0.5, 0.6) is 0 Å². The van der Waals surface area contributed by atoms with Crippen LogP contribution in [-0.2, 0) is 4.74 Å². The van der Waals surface area contributed by atoms with Crippen LogP contribution < -0.4 is 10.6 Å². The van der Waals surface area contributed by atoms with Crippen molar-refractivity contribution in [1.29, 1.82) is 0 Å². The van der Waals surface area contributed by atoms with Gasteiger partial charge < -0.3 is 20.5 Å². The molecule has 0 aliphatic rings. The summed E-state index contributed by atoms with van der Waals surface area (Å²) in [4.78, 5) is 22.5. The highest BCUT2D eigenvalue weighted by atomic mass is 79.9. The number of nitrogens with one attached hydrogen (secondary N) is 2. The normalized spacial score (nSPS) is 10.1. The van der Waals surface area contributed by atoms with Crippen LogP contribution in [0.2, 0.25) is 0 Å². The van der Waals surface area contributed by atoms with Crippen LogP contribution in [0.25, 0.3) is 0 Å².